The van der Waals surface area contributed by atoms with Crippen molar-refractivity contribution in [3.05, 3.63) is 69.9 Å². The number of benzene rings is 2. The van der Waals surface area contributed by atoms with Gasteiger partial charge in [0, 0.05) is 17.8 Å². The highest BCUT2D eigenvalue weighted by Gasteiger charge is 2.38. The molecule has 0 aromatic heterocycles. The minimum atomic E-state index is 0.195. The first-order valence-electron chi connectivity index (χ1n) is 10.7. The van der Waals surface area contributed by atoms with Crippen molar-refractivity contribution in [2.75, 3.05) is 5.32 Å². The third kappa shape index (κ3) is 3.41. The molecule has 1 heteroatoms. The predicted molar refractivity (Wildman–Crippen MR) is 122 cm³/mol. The molecular weight excluding hydrogens is 338 g/mol. The first-order chi connectivity index (χ1) is 13.0. The zero-order valence-corrected chi connectivity index (χ0v) is 18.7. The van der Waals surface area contributed by atoms with E-state index in [1.807, 2.05) is 0 Å². The van der Waals surface area contributed by atoms with Gasteiger partial charge in [-0.1, -0.05) is 72.7 Å². The fourth-order valence-corrected chi connectivity index (χ4v) is 4.73. The molecule has 0 aliphatic heterocycles. The van der Waals surface area contributed by atoms with Gasteiger partial charge >= 0.3 is 0 Å². The van der Waals surface area contributed by atoms with Crippen LogP contribution in [0.4, 0.5) is 5.69 Å². The summed E-state index contributed by atoms with van der Waals surface area (Å²) in [5.74, 6) is 0. The van der Waals surface area contributed by atoms with Crippen LogP contribution >= 0.6 is 0 Å². The van der Waals surface area contributed by atoms with Gasteiger partial charge in [-0.15, -0.1) is 0 Å². The molecule has 0 spiro atoms. The first kappa shape index (κ1) is 19.3. The Morgan fingerprint density at radius 3 is 1.96 bits per heavy atom. The maximum atomic E-state index is 3.66. The normalized spacial score (nSPS) is 19.6. The lowest BCUT2D eigenvalue weighted by Gasteiger charge is -2.42. The van der Waals surface area contributed by atoms with Gasteiger partial charge in [0.15, 0.2) is 0 Å². The fraction of sp³-hybridized carbons (Fsp3) is 0.481. The summed E-state index contributed by atoms with van der Waals surface area (Å²) in [7, 11) is 0. The third-order valence-corrected chi connectivity index (χ3v) is 6.88. The molecule has 0 amide bonds. The molecular formula is C27H35N. The minimum Gasteiger partial charge on any atom is -0.359 e. The largest absolute Gasteiger partial charge is 0.359 e. The van der Waals surface area contributed by atoms with Gasteiger partial charge in [-0.2, -0.15) is 0 Å². The predicted octanol–water partition coefficient (Wildman–Crippen LogP) is 7.34. The summed E-state index contributed by atoms with van der Waals surface area (Å²) in [6, 6.07) is 13.9. The number of rotatable bonds is 2. The Kier molecular flexibility index (Phi) is 4.30. The van der Waals surface area contributed by atoms with E-state index in [1.54, 1.807) is 11.1 Å². The molecule has 0 bridgehead atoms. The van der Waals surface area contributed by atoms with Gasteiger partial charge in [0.25, 0.3) is 0 Å². The summed E-state index contributed by atoms with van der Waals surface area (Å²) < 4.78 is 0. The quantitative estimate of drug-likeness (QED) is 0.580. The second kappa shape index (κ2) is 6.24. The highest BCUT2D eigenvalue weighted by molar-refractivity contribution is 5.70. The van der Waals surface area contributed by atoms with E-state index in [-0.39, 0.29) is 16.2 Å². The number of fused-ring (bicyclic) bond motifs is 2. The lowest BCUT2D eigenvalue weighted by atomic mass is 9.62. The Balaban J connectivity index is 1.61. The molecule has 1 N–H and O–H groups in total. The van der Waals surface area contributed by atoms with Crippen LogP contribution in [0.5, 0.6) is 0 Å². The molecule has 2 aromatic carbocycles. The highest BCUT2D eigenvalue weighted by atomic mass is 14.9. The molecule has 0 atom stereocenters. The zero-order valence-electron chi connectivity index (χ0n) is 18.7. The summed E-state index contributed by atoms with van der Waals surface area (Å²) in [4.78, 5) is 0. The van der Waals surface area contributed by atoms with E-state index < -0.39 is 0 Å². The van der Waals surface area contributed by atoms with Crippen LogP contribution in [-0.4, -0.2) is 0 Å². The van der Waals surface area contributed by atoms with E-state index in [4.69, 9.17) is 0 Å². The molecule has 28 heavy (non-hydrogen) atoms. The molecule has 4 rings (SSSR count). The number of anilines is 1. The smallest absolute Gasteiger partial charge is 0.0382 e. The molecule has 2 aliphatic carbocycles. The topological polar surface area (TPSA) is 12.0 Å². The molecule has 0 heterocycles. The van der Waals surface area contributed by atoms with Crippen molar-refractivity contribution < 1.29 is 0 Å². The van der Waals surface area contributed by atoms with Crippen molar-refractivity contribution in [3.63, 3.8) is 0 Å². The van der Waals surface area contributed by atoms with Gasteiger partial charge in [0.1, 0.15) is 0 Å². The van der Waals surface area contributed by atoms with E-state index in [0.29, 0.717) is 0 Å². The number of hydrogen-bond donors (Lipinski definition) is 1. The minimum absolute atomic E-state index is 0.195. The number of hydrogen-bond acceptors (Lipinski definition) is 1. The molecule has 148 valence electrons. The Morgan fingerprint density at radius 1 is 0.821 bits per heavy atom. The highest BCUT2D eigenvalue weighted by Crippen LogP contribution is 2.47. The second-order valence-electron chi connectivity index (χ2n) is 11.2. The number of nitrogens with one attached hydrogen (secondary N) is 1. The molecule has 0 saturated heterocycles. The molecule has 1 nitrogen and oxygen atoms in total. The summed E-state index contributed by atoms with van der Waals surface area (Å²) in [6.45, 7) is 16.4. The maximum Gasteiger partial charge on any atom is 0.0382 e. The van der Waals surface area contributed by atoms with Gasteiger partial charge < -0.3 is 5.32 Å². The van der Waals surface area contributed by atoms with Gasteiger partial charge in [-0.25, -0.2) is 0 Å². The lowest BCUT2D eigenvalue weighted by Crippen LogP contribution is -2.34. The van der Waals surface area contributed by atoms with Crippen molar-refractivity contribution in [2.45, 2.75) is 84.0 Å². The van der Waals surface area contributed by atoms with Crippen LogP contribution in [0.1, 0.15) is 89.1 Å². The van der Waals surface area contributed by atoms with Gasteiger partial charge in [-0.05, 0) is 75.1 Å². The fourth-order valence-electron chi connectivity index (χ4n) is 4.73. The van der Waals surface area contributed by atoms with Gasteiger partial charge in [-0.3, -0.25) is 0 Å². The lowest BCUT2D eigenvalue weighted by molar-refractivity contribution is 0.331. The summed E-state index contributed by atoms with van der Waals surface area (Å²) in [5.41, 5.74) is 10.6. The van der Waals surface area contributed by atoms with E-state index >= 15 is 0 Å². The van der Waals surface area contributed by atoms with Crippen LogP contribution in [0.2, 0.25) is 0 Å². The first-order valence-corrected chi connectivity index (χ1v) is 10.7. The Morgan fingerprint density at radius 2 is 1.39 bits per heavy atom. The maximum absolute atomic E-state index is 3.66. The van der Waals surface area contributed by atoms with Crippen LogP contribution in [0.3, 0.4) is 0 Å². The van der Waals surface area contributed by atoms with E-state index in [1.165, 1.54) is 40.9 Å². The Bertz CT molecular complexity index is 933. The van der Waals surface area contributed by atoms with E-state index in [2.05, 4.69) is 96.3 Å². The van der Waals surface area contributed by atoms with Crippen LogP contribution in [0.25, 0.3) is 6.08 Å². The van der Waals surface area contributed by atoms with Crippen molar-refractivity contribution >= 4 is 11.8 Å². The van der Waals surface area contributed by atoms with Crippen molar-refractivity contribution in [1.82, 2.24) is 0 Å². The second-order valence-corrected chi connectivity index (χ2v) is 11.2. The number of allylic oxidation sites excluding steroid dienone is 1. The Labute approximate surface area is 171 Å². The van der Waals surface area contributed by atoms with Crippen molar-refractivity contribution in [1.29, 1.82) is 0 Å². The monoisotopic (exact) mass is 373 g/mol. The average Bonchev–Trinajstić information content (AvgIpc) is 2.99. The molecule has 2 aromatic rings. The molecule has 2 aliphatic rings. The van der Waals surface area contributed by atoms with Crippen LogP contribution in [0, 0.1) is 0 Å². The van der Waals surface area contributed by atoms with Crippen LogP contribution in [0.15, 0.2) is 42.1 Å². The standard InChI is InChI=1S/C27H35N/c1-25(2,3)20-8-10-21(11-9-20)28-22-14-18-16-23-24(17-19(18)15-22)27(6,7)13-12-26(23,4)5/h8-11,14,16-17,28H,12-13,15H2,1-7H3. The third-order valence-electron chi connectivity index (χ3n) is 6.88. The van der Waals surface area contributed by atoms with Gasteiger partial charge in [0.2, 0.25) is 0 Å². The summed E-state index contributed by atoms with van der Waals surface area (Å²) >= 11 is 0. The summed E-state index contributed by atoms with van der Waals surface area (Å²) in [5, 5.41) is 3.66. The SMILES string of the molecule is CC(C)(C)c1ccc(NC2=Cc3cc4c(cc3C2)C(C)(C)CCC4(C)C)cc1. The van der Waals surface area contributed by atoms with Crippen LogP contribution < -0.4 is 5.32 Å². The Hall–Kier alpha value is -2.02. The molecule has 0 saturated carbocycles. The van der Waals surface area contributed by atoms with Crippen LogP contribution in [-0.2, 0) is 22.7 Å². The van der Waals surface area contributed by atoms with Crippen molar-refractivity contribution in [3.8, 4) is 0 Å². The van der Waals surface area contributed by atoms with Crippen molar-refractivity contribution in [2.24, 2.45) is 0 Å². The molecule has 0 radical (unpaired) electrons. The average molecular weight is 374 g/mol. The zero-order chi connectivity index (χ0) is 20.3. The summed E-state index contributed by atoms with van der Waals surface area (Å²) in [6.07, 6.45) is 5.89. The molecule has 0 unspecified atom stereocenters. The molecule has 0 fully saturated rings. The van der Waals surface area contributed by atoms with E-state index in [9.17, 15) is 0 Å². The van der Waals surface area contributed by atoms with Gasteiger partial charge in [0.05, 0.1) is 0 Å². The van der Waals surface area contributed by atoms with E-state index in [0.717, 1.165) is 6.42 Å².